The predicted molar refractivity (Wildman–Crippen MR) is 114 cm³/mol. The molecule has 1 N–H and O–H groups in total. The Hall–Kier alpha value is -3.28. The van der Waals surface area contributed by atoms with Crippen LogP contribution in [0.5, 0.6) is 0 Å². The number of carbonyl (C=O) groups is 2. The molecule has 0 saturated heterocycles. The quantitative estimate of drug-likeness (QED) is 0.689. The molecule has 0 radical (unpaired) electrons. The van der Waals surface area contributed by atoms with Gasteiger partial charge in [0.2, 0.25) is 0 Å². The van der Waals surface area contributed by atoms with E-state index in [0.29, 0.717) is 21.1 Å². The molecule has 0 aromatic carbocycles. The molecular formula is C21H16N4O4S2. The van der Waals surface area contributed by atoms with Crippen molar-refractivity contribution in [1.29, 1.82) is 10.5 Å². The number of rotatable bonds is 7. The smallest absolute Gasteiger partial charge is 0.263 e. The standard InChI is InChI=1S/C21H16N4O4S2/c1-29-11-25-19(15-5-3-13(31-15)7-9-23)17-16(21(25)28)18(24(10-26)20(17)27)14-4-2-12(30-14)6-8-22/h2-5,26H,6-7,10-11H2,1H3. The summed E-state index contributed by atoms with van der Waals surface area (Å²) >= 11 is 2.64. The van der Waals surface area contributed by atoms with Gasteiger partial charge in [-0.05, 0) is 24.3 Å². The summed E-state index contributed by atoms with van der Waals surface area (Å²) < 4.78 is 5.23. The van der Waals surface area contributed by atoms with Crippen LogP contribution in [0.2, 0.25) is 0 Å². The number of hydrogen-bond acceptors (Lipinski definition) is 8. The number of amides is 2. The lowest BCUT2D eigenvalue weighted by Gasteiger charge is -2.22. The number of hydrogen-bond donors (Lipinski definition) is 1. The number of thiophene rings is 2. The van der Waals surface area contributed by atoms with E-state index in [1.807, 2.05) is 0 Å². The Bertz CT molecular complexity index is 1220. The third-order valence-corrected chi connectivity index (χ3v) is 7.06. The first-order valence-electron chi connectivity index (χ1n) is 9.20. The van der Waals surface area contributed by atoms with Gasteiger partial charge in [0.25, 0.3) is 11.8 Å². The highest BCUT2D eigenvalue weighted by Crippen LogP contribution is 2.48. The van der Waals surface area contributed by atoms with E-state index in [1.165, 1.54) is 39.6 Å². The first-order chi connectivity index (χ1) is 15.0. The van der Waals surface area contributed by atoms with Gasteiger partial charge in [-0.3, -0.25) is 19.4 Å². The molecule has 2 aliphatic rings. The summed E-state index contributed by atoms with van der Waals surface area (Å²) in [6.45, 7) is -0.627. The van der Waals surface area contributed by atoms with Crippen molar-refractivity contribution in [2.45, 2.75) is 12.8 Å². The van der Waals surface area contributed by atoms with E-state index < -0.39 is 18.5 Å². The van der Waals surface area contributed by atoms with Gasteiger partial charge in [0, 0.05) is 16.9 Å². The fraction of sp³-hybridized carbons (Fsp3) is 0.238. The molecule has 2 aromatic rings. The Labute approximate surface area is 186 Å². The highest BCUT2D eigenvalue weighted by molar-refractivity contribution is 7.13. The lowest BCUT2D eigenvalue weighted by atomic mass is 10.1. The van der Waals surface area contributed by atoms with Crippen molar-refractivity contribution in [2.24, 2.45) is 0 Å². The maximum Gasteiger partial charge on any atom is 0.263 e. The molecular weight excluding hydrogens is 436 g/mol. The zero-order valence-electron chi connectivity index (χ0n) is 16.4. The average Bonchev–Trinajstić information content (AvgIpc) is 3.50. The average molecular weight is 453 g/mol. The molecule has 0 spiro atoms. The van der Waals surface area contributed by atoms with Crippen molar-refractivity contribution < 1.29 is 19.4 Å². The van der Waals surface area contributed by atoms with Gasteiger partial charge < -0.3 is 9.84 Å². The molecule has 0 saturated carbocycles. The fourth-order valence-corrected chi connectivity index (χ4v) is 5.65. The number of fused-ring (bicyclic) bond motifs is 1. The molecule has 8 nitrogen and oxygen atoms in total. The Morgan fingerprint density at radius 3 is 1.84 bits per heavy atom. The summed E-state index contributed by atoms with van der Waals surface area (Å²) in [5.41, 5.74) is 1.19. The molecule has 4 rings (SSSR count). The minimum absolute atomic E-state index is 0.0452. The van der Waals surface area contributed by atoms with Gasteiger partial charge in [-0.25, -0.2) is 0 Å². The van der Waals surface area contributed by atoms with Crippen molar-refractivity contribution in [3.63, 3.8) is 0 Å². The molecule has 4 heterocycles. The second-order valence-corrected chi connectivity index (χ2v) is 9.01. The van der Waals surface area contributed by atoms with Gasteiger partial charge in [-0.2, -0.15) is 10.5 Å². The predicted octanol–water partition coefficient (Wildman–Crippen LogP) is 2.30. The zero-order chi connectivity index (χ0) is 22.1. The summed E-state index contributed by atoms with van der Waals surface area (Å²) in [5, 5.41) is 27.9. The molecule has 31 heavy (non-hydrogen) atoms. The Kier molecular flexibility index (Phi) is 5.72. The van der Waals surface area contributed by atoms with Crippen molar-refractivity contribution in [3.8, 4) is 12.1 Å². The molecule has 10 heteroatoms. The van der Waals surface area contributed by atoms with Crippen molar-refractivity contribution >= 4 is 45.9 Å². The van der Waals surface area contributed by atoms with Crippen LogP contribution in [0.1, 0.15) is 19.5 Å². The molecule has 2 aromatic heterocycles. The maximum absolute atomic E-state index is 13.4. The zero-order valence-corrected chi connectivity index (χ0v) is 18.0. The molecule has 0 bridgehead atoms. The van der Waals surface area contributed by atoms with E-state index in [1.54, 1.807) is 24.3 Å². The van der Waals surface area contributed by atoms with E-state index >= 15 is 0 Å². The van der Waals surface area contributed by atoms with Gasteiger partial charge in [-0.15, -0.1) is 22.7 Å². The number of methoxy groups -OCH3 is 1. The molecule has 0 unspecified atom stereocenters. The minimum Gasteiger partial charge on any atom is -0.376 e. The summed E-state index contributed by atoms with van der Waals surface area (Å²) in [6, 6.07) is 11.3. The van der Waals surface area contributed by atoms with Gasteiger partial charge >= 0.3 is 0 Å². The third kappa shape index (κ3) is 3.36. The van der Waals surface area contributed by atoms with Gasteiger partial charge in [0.1, 0.15) is 13.5 Å². The lowest BCUT2D eigenvalue weighted by Crippen LogP contribution is -2.31. The Balaban J connectivity index is 1.93. The van der Waals surface area contributed by atoms with E-state index in [2.05, 4.69) is 12.1 Å². The van der Waals surface area contributed by atoms with E-state index in [-0.39, 0.29) is 30.7 Å². The van der Waals surface area contributed by atoms with Gasteiger partial charge in [0.15, 0.2) is 0 Å². The molecule has 2 aliphatic heterocycles. The summed E-state index contributed by atoms with van der Waals surface area (Å²) in [4.78, 5) is 32.2. The second-order valence-electron chi connectivity index (χ2n) is 6.67. The third-order valence-electron chi connectivity index (χ3n) is 4.88. The molecule has 0 atom stereocenters. The topological polar surface area (TPSA) is 118 Å². The van der Waals surface area contributed by atoms with E-state index in [4.69, 9.17) is 15.3 Å². The van der Waals surface area contributed by atoms with Crippen molar-refractivity contribution in [1.82, 2.24) is 9.80 Å². The summed E-state index contributed by atoms with van der Waals surface area (Å²) in [7, 11) is 1.46. The van der Waals surface area contributed by atoms with Crippen LogP contribution in [0.15, 0.2) is 35.4 Å². The van der Waals surface area contributed by atoms with Crippen LogP contribution in [0.25, 0.3) is 11.4 Å². The number of aliphatic hydroxyl groups is 1. The highest BCUT2D eigenvalue weighted by atomic mass is 32.1. The number of nitriles is 2. The van der Waals surface area contributed by atoms with Crippen molar-refractivity contribution in [3.05, 3.63) is 54.9 Å². The largest absolute Gasteiger partial charge is 0.376 e. The summed E-state index contributed by atoms with van der Waals surface area (Å²) in [6.07, 6.45) is 0.446. The number of carbonyl (C=O) groups excluding carboxylic acids is 2. The van der Waals surface area contributed by atoms with Crippen LogP contribution < -0.4 is 0 Å². The van der Waals surface area contributed by atoms with Crippen molar-refractivity contribution in [2.75, 3.05) is 20.6 Å². The molecule has 156 valence electrons. The lowest BCUT2D eigenvalue weighted by molar-refractivity contribution is -0.126. The maximum atomic E-state index is 13.4. The van der Waals surface area contributed by atoms with Crippen LogP contribution in [0.3, 0.4) is 0 Å². The minimum atomic E-state index is -0.582. The van der Waals surface area contributed by atoms with Crippen LogP contribution >= 0.6 is 22.7 Å². The normalized spacial score (nSPS) is 15.7. The number of aliphatic hydroxyl groups excluding tert-OH is 1. The monoisotopic (exact) mass is 452 g/mol. The highest BCUT2D eigenvalue weighted by Gasteiger charge is 2.49. The second kappa shape index (κ2) is 8.46. The molecule has 2 amide bonds. The van der Waals surface area contributed by atoms with Crippen LogP contribution in [-0.2, 0) is 27.2 Å². The fourth-order valence-electron chi connectivity index (χ4n) is 3.65. The van der Waals surface area contributed by atoms with Crippen LogP contribution in [0, 0.1) is 22.7 Å². The molecule has 0 fully saturated rings. The first-order valence-corrected chi connectivity index (χ1v) is 10.8. The van der Waals surface area contributed by atoms with Crippen LogP contribution in [-0.4, -0.2) is 47.3 Å². The Morgan fingerprint density at radius 2 is 1.39 bits per heavy atom. The van der Waals surface area contributed by atoms with Gasteiger partial charge in [0.05, 0.1) is 57.3 Å². The summed E-state index contributed by atoms with van der Waals surface area (Å²) in [5.74, 6) is -0.864. The SMILES string of the molecule is COCN1C(=O)C2=C(c3ccc(CC#N)s3)N(CO)C(=O)C2=C1c1ccc(CC#N)s1. The number of nitrogens with zero attached hydrogens (tertiary/aromatic N) is 4. The number of ether oxygens (including phenoxy) is 1. The molecule has 0 aliphatic carbocycles. The Morgan fingerprint density at radius 1 is 0.903 bits per heavy atom. The van der Waals surface area contributed by atoms with Crippen LogP contribution in [0.4, 0.5) is 0 Å². The van der Waals surface area contributed by atoms with E-state index in [0.717, 1.165) is 9.75 Å². The van der Waals surface area contributed by atoms with E-state index in [9.17, 15) is 14.7 Å². The first kappa shape index (κ1) is 21.0. The van der Waals surface area contributed by atoms with Gasteiger partial charge in [-0.1, -0.05) is 0 Å².